The van der Waals surface area contributed by atoms with E-state index in [1.54, 1.807) is 32.0 Å². The summed E-state index contributed by atoms with van der Waals surface area (Å²) < 4.78 is 1.85. The van der Waals surface area contributed by atoms with Gasteiger partial charge < -0.3 is 31.1 Å². The number of carbonyl (C=O) groups excluding carboxylic acids is 6. The molecule has 302 valence electrons. The van der Waals surface area contributed by atoms with Crippen LogP contribution in [0.2, 0.25) is 0 Å². The number of aromatic nitrogens is 2. The van der Waals surface area contributed by atoms with Crippen molar-refractivity contribution in [1.82, 2.24) is 40.8 Å². The topological polar surface area (TPSA) is 175 Å². The largest absolute Gasteiger partial charge is 0.349 e. The van der Waals surface area contributed by atoms with Gasteiger partial charge in [-0.05, 0) is 81.7 Å². The average Bonchev–Trinajstić information content (AvgIpc) is 3.46. The number of benzene rings is 2. The van der Waals surface area contributed by atoms with Crippen LogP contribution in [-0.4, -0.2) is 105 Å². The highest BCUT2D eigenvalue weighted by Gasteiger charge is 2.34. The predicted octanol–water partition coefficient (Wildman–Crippen LogP) is 2.75. The summed E-state index contributed by atoms with van der Waals surface area (Å²) in [4.78, 5) is 85.9. The molecule has 0 spiro atoms. The molecule has 2 aromatic carbocycles. The first kappa shape index (κ1) is 43.2. The van der Waals surface area contributed by atoms with Crippen LogP contribution in [0.5, 0.6) is 0 Å². The fourth-order valence-electron chi connectivity index (χ4n) is 6.76. The first-order valence-electron chi connectivity index (χ1n) is 19.3. The molecule has 1 aromatic heterocycles. The first-order valence-corrected chi connectivity index (χ1v) is 19.3. The molecule has 0 bridgehead atoms. The lowest BCUT2D eigenvalue weighted by atomic mass is 10.00. The second-order valence-electron chi connectivity index (χ2n) is 15.7. The highest BCUT2D eigenvalue weighted by molar-refractivity contribution is 5.98. The van der Waals surface area contributed by atoms with E-state index in [-0.39, 0.29) is 24.8 Å². The third-order valence-corrected chi connectivity index (χ3v) is 9.99. The van der Waals surface area contributed by atoms with Crippen molar-refractivity contribution in [3.63, 3.8) is 0 Å². The van der Waals surface area contributed by atoms with Crippen molar-refractivity contribution < 1.29 is 28.8 Å². The third kappa shape index (κ3) is 11.7. The lowest BCUT2D eigenvalue weighted by molar-refractivity contribution is -0.142. The van der Waals surface area contributed by atoms with Crippen molar-refractivity contribution in [1.29, 1.82) is 0 Å². The lowest BCUT2D eigenvalue weighted by Gasteiger charge is -2.33. The van der Waals surface area contributed by atoms with Gasteiger partial charge in [0.15, 0.2) is 0 Å². The molecular weight excluding hydrogens is 713 g/mol. The summed E-state index contributed by atoms with van der Waals surface area (Å²) >= 11 is 0. The molecule has 0 aliphatic carbocycles. The number of likely N-dealkylation sites (N-methyl/N-ethyl adjacent to an activating group) is 1. The Morgan fingerprint density at radius 2 is 1.50 bits per heavy atom. The van der Waals surface area contributed by atoms with Crippen LogP contribution in [0.15, 0.2) is 60.7 Å². The molecular formula is C42H58N8O6. The number of nitrogens with one attached hydrogen (secondary N) is 4. The zero-order valence-electron chi connectivity index (χ0n) is 34.1. The molecule has 5 atom stereocenters. The Balaban J connectivity index is 1.78. The van der Waals surface area contributed by atoms with Gasteiger partial charge in [0, 0.05) is 24.8 Å². The van der Waals surface area contributed by atoms with Gasteiger partial charge in [0.05, 0.1) is 24.8 Å². The molecule has 1 fully saturated rings. The van der Waals surface area contributed by atoms with Crippen molar-refractivity contribution in [3.05, 3.63) is 88.7 Å². The molecule has 14 nitrogen and oxygen atoms in total. The van der Waals surface area contributed by atoms with Gasteiger partial charge in [0.25, 0.3) is 5.91 Å². The molecule has 1 saturated heterocycles. The summed E-state index contributed by atoms with van der Waals surface area (Å²) in [7, 11) is 1.47. The van der Waals surface area contributed by atoms with Crippen LogP contribution in [-0.2, 0) is 36.9 Å². The first-order chi connectivity index (χ1) is 26.4. The van der Waals surface area contributed by atoms with E-state index in [9.17, 15) is 28.8 Å². The van der Waals surface area contributed by atoms with Crippen LogP contribution in [0.25, 0.3) is 0 Å². The minimum atomic E-state index is -1.03. The van der Waals surface area contributed by atoms with Gasteiger partial charge in [-0.2, -0.15) is 5.10 Å². The molecule has 6 amide bonds. The summed E-state index contributed by atoms with van der Waals surface area (Å²) in [5.74, 6) is -3.50. The molecule has 0 unspecified atom stereocenters. The normalized spacial score (nSPS) is 22.3. The average molecular weight is 771 g/mol. The van der Waals surface area contributed by atoms with Crippen molar-refractivity contribution in [2.75, 3.05) is 20.1 Å². The van der Waals surface area contributed by atoms with E-state index in [4.69, 9.17) is 0 Å². The number of nitrogens with zero attached hydrogens (tertiary/aromatic N) is 4. The highest BCUT2D eigenvalue weighted by atomic mass is 16.2. The number of hydrogen-bond acceptors (Lipinski definition) is 7. The summed E-state index contributed by atoms with van der Waals surface area (Å²) in [6, 6.07) is 13.8. The Morgan fingerprint density at radius 1 is 0.821 bits per heavy atom. The Morgan fingerprint density at radius 3 is 2.12 bits per heavy atom. The number of amides is 6. The molecule has 4 N–H and O–H groups in total. The van der Waals surface area contributed by atoms with Crippen LogP contribution in [0.3, 0.4) is 0 Å². The summed E-state index contributed by atoms with van der Waals surface area (Å²) in [5, 5.41) is 15.9. The third-order valence-electron chi connectivity index (χ3n) is 9.99. The Bertz CT molecular complexity index is 1880. The SMILES string of the molecule is Cc1cc(C)n(Cc2cccc(C(=O)N3CC(=O)N[C@@H](CC(C)C)C(=O)N(C)[C@@H](C)C(=O)N[C@H](C)C(=O)N[C@@H](C(C)C)C(=O)N[C@@H](Cc4ccccc4)C3)c2)n1. The minimum Gasteiger partial charge on any atom is -0.349 e. The fourth-order valence-corrected chi connectivity index (χ4v) is 6.76. The maximum absolute atomic E-state index is 14.6. The summed E-state index contributed by atoms with van der Waals surface area (Å²) in [5.41, 5.74) is 3.89. The van der Waals surface area contributed by atoms with E-state index in [2.05, 4.69) is 26.4 Å². The number of hydrogen-bond donors (Lipinski definition) is 4. The minimum absolute atomic E-state index is 0.00888. The quantitative estimate of drug-likeness (QED) is 0.273. The van der Waals surface area contributed by atoms with Gasteiger partial charge in [-0.25, -0.2) is 0 Å². The summed E-state index contributed by atoms with van der Waals surface area (Å²) in [6.07, 6.45) is 0.575. The van der Waals surface area contributed by atoms with Gasteiger partial charge in [-0.1, -0.05) is 70.2 Å². The number of carbonyl (C=O) groups is 6. The summed E-state index contributed by atoms with van der Waals surface area (Å²) in [6.45, 7) is 14.3. The van der Waals surface area contributed by atoms with Gasteiger partial charge in [0.1, 0.15) is 24.2 Å². The molecule has 2 heterocycles. The van der Waals surface area contributed by atoms with Crippen molar-refractivity contribution >= 4 is 35.4 Å². The molecule has 3 aromatic rings. The lowest BCUT2D eigenvalue weighted by Crippen LogP contribution is -2.60. The van der Waals surface area contributed by atoms with Crippen LogP contribution >= 0.6 is 0 Å². The second kappa shape index (κ2) is 19.4. The maximum Gasteiger partial charge on any atom is 0.254 e. The van der Waals surface area contributed by atoms with Crippen LogP contribution < -0.4 is 21.3 Å². The molecule has 0 radical (unpaired) electrons. The van der Waals surface area contributed by atoms with Crippen molar-refractivity contribution in [2.45, 2.75) is 105 Å². The molecule has 1 aliphatic heterocycles. The van der Waals surface area contributed by atoms with E-state index in [0.29, 0.717) is 18.5 Å². The molecule has 0 saturated carbocycles. The Kier molecular flexibility index (Phi) is 14.9. The molecule has 14 heteroatoms. The molecule has 1 aliphatic rings. The van der Waals surface area contributed by atoms with E-state index >= 15 is 0 Å². The van der Waals surface area contributed by atoms with Crippen LogP contribution in [0.4, 0.5) is 0 Å². The molecule has 4 rings (SSSR count). The van der Waals surface area contributed by atoms with Gasteiger partial charge in [-0.15, -0.1) is 0 Å². The smallest absolute Gasteiger partial charge is 0.254 e. The number of aryl methyl sites for hydroxylation is 2. The monoisotopic (exact) mass is 770 g/mol. The van der Waals surface area contributed by atoms with Gasteiger partial charge >= 0.3 is 0 Å². The zero-order valence-corrected chi connectivity index (χ0v) is 34.1. The highest BCUT2D eigenvalue weighted by Crippen LogP contribution is 2.16. The van der Waals surface area contributed by atoms with Gasteiger partial charge in [-0.3, -0.25) is 33.4 Å². The Labute approximate surface area is 330 Å². The van der Waals surface area contributed by atoms with Gasteiger partial charge in [0.2, 0.25) is 29.5 Å². The predicted molar refractivity (Wildman–Crippen MR) is 213 cm³/mol. The molecule has 56 heavy (non-hydrogen) atoms. The second-order valence-corrected chi connectivity index (χ2v) is 15.7. The van der Waals surface area contributed by atoms with E-state index in [1.165, 1.54) is 30.7 Å². The maximum atomic E-state index is 14.6. The Hall–Kier alpha value is -5.53. The zero-order chi connectivity index (χ0) is 41.3. The van der Waals surface area contributed by atoms with Crippen LogP contribution in [0.1, 0.15) is 80.8 Å². The van der Waals surface area contributed by atoms with E-state index in [0.717, 1.165) is 22.5 Å². The van der Waals surface area contributed by atoms with Crippen molar-refractivity contribution in [3.8, 4) is 0 Å². The van der Waals surface area contributed by atoms with E-state index in [1.807, 2.05) is 74.8 Å². The van der Waals surface area contributed by atoms with Crippen LogP contribution in [0, 0.1) is 25.7 Å². The van der Waals surface area contributed by atoms with Crippen molar-refractivity contribution in [2.24, 2.45) is 11.8 Å². The number of rotatable bonds is 8. The fraction of sp³-hybridized carbons (Fsp3) is 0.500. The van der Waals surface area contributed by atoms with E-state index < -0.39 is 72.2 Å². The standard InChI is InChI=1S/C42H58N8O6/c1-25(2)18-35-42(56)48(9)30(8)39(53)43-29(7)38(52)46-37(26(3)4)40(54)44-34(21-31-14-11-10-12-15-31)23-49(24-36(51)45-35)41(55)33-17-13-16-32(20-33)22-50-28(6)19-27(5)47-50/h10-17,19-20,25-26,29-30,34-35,37H,18,21-24H2,1-9H3,(H,43,53)(H,44,54)(H,45,51)(H,46,52)/t29-,30+,34+,35+,37+/m1/s1.